The molecule has 6 nitrogen and oxygen atoms in total. The average Bonchev–Trinajstić information content (AvgIpc) is 3.07. The zero-order valence-electron chi connectivity index (χ0n) is 12.5. The number of benzene rings is 1. The summed E-state index contributed by atoms with van der Waals surface area (Å²) in [5.74, 6) is -0.339. The van der Waals surface area contributed by atoms with Gasteiger partial charge in [-0.2, -0.15) is 0 Å². The molecule has 0 unspecified atom stereocenters. The Kier molecular flexibility index (Phi) is 3.38. The van der Waals surface area contributed by atoms with E-state index < -0.39 is 0 Å². The lowest BCUT2D eigenvalue weighted by Crippen LogP contribution is -2.20. The quantitative estimate of drug-likeness (QED) is 0.628. The third-order valence-corrected chi connectivity index (χ3v) is 3.76. The van der Waals surface area contributed by atoms with Gasteiger partial charge in [-0.1, -0.05) is 12.1 Å². The van der Waals surface area contributed by atoms with Gasteiger partial charge >= 0.3 is 0 Å². The van der Waals surface area contributed by atoms with Gasteiger partial charge in [-0.3, -0.25) is 19.2 Å². The summed E-state index contributed by atoms with van der Waals surface area (Å²) in [5, 5.41) is 0. The first-order chi connectivity index (χ1) is 11.7. The van der Waals surface area contributed by atoms with Gasteiger partial charge in [-0.05, 0) is 17.7 Å². The molecule has 0 aliphatic carbocycles. The number of hydrogen-bond acceptors (Lipinski definition) is 4. The summed E-state index contributed by atoms with van der Waals surface area (Å²) < 4.78 is 14.9. The van der Waals surface area contributed by atoms with Crippen LogP contribution in [0.4, 0.5) is 4.39 Å². The zero-order valence-corrected chi connectivity index (χ0v) is 12.5. The molecular formula is C17H12FN5O. The van der Waals surface area contributed by atoms with Crippen molar-refractivity contribution in [3.63, 3.8) is 0 Å². The number of H-pyrrole nitrogens is 1. The molecular weight excluding hydrogens is 309 g/mol. The van der Waals surface area contributed by atoms with Crippen LogP contribution in [0.3, 0.4) is 0 Å². The van der Waals surface area contributed by atoms with E-state index in [0.717, 1.165) is 0 Å². The highest BCUT2D eigenvalue weighted by molar-refractivity contribution is 5.61. The highest BCUT2D eigenvalue weighted by Crippen LogP contribution is 2.20. The first-order valence-corrected chi connectivity index (χ1v) is 7.30. The van der Waals surface area contributed by atoms with Gasteiger partial charge in [0.2, 0.25) is 0 Å². The number of halogens is 1. The van der Waals surface area contributed by atoms with E-state index in [1.54, 1.807) is 36.9 Å². The second kappa shape index (κ2) is 5.69. The van der Waals surface area contributed by atoms with Gasteiger partial charge in [0.25, 0.3) is 5.56 Å². The molecule has 4 aromatic rings. The number of nitrogens with zero attached hydrogens (tertiary/aromatic N) is 4. The predicted molar refractivity (Wildman–Crippen MR) is 86.0 cm³/mol. The summed E-state index contributed by atoms with van der Waals surface area (Å²) in [4.78, 5) is 28.3. The standard InChI is InChI=1S/C17H12FN5O/c18-12-3-1-2-11(6-12)7-13-16(14-8-19-4-5-21-14)22-15-9-20-10-23(15)17(13)24/h1-6,8-10,22H,7H2. The molecule has 3 aromatic heterocycles. The minimum Gasteiger partial charge on any atom is -0.338 e. The first kappa shape index (κ1) is 14.3. The van der Waals surface area contributed by atoms with Crippen LogP contribution in [0, 0.1) is 5.82 Å². The van der Waals surface area contributed by atoms with Crippen LogP contribution in [0.5, 0.6) is 0 Å². The number of imidazole rings is 1. The molecule has 0 bridgehead atoms. The van der Waals surface area contributed by atoms with Crippen LogP contribution in [0.25, 0.3) is 17.0 Å². The Bertz CT molecular complexity index is 1070. The van der Waals surface area contributed by atoms with E-state index in [-0.39, 0.29) is 17.8 Å². The van der Waals surface area contributed by atoms with Gasteiger partial charge < -0.3 is 4.98 Å². The first-order valence-electron chi connectivity index (χ1n) is 7.30. The SMILES string of the molecule is O=c1c(Cc2cccc(F)c2)c(-c2cnccn2)[nH]c2cncn12. The maximum atomic E-state index is 13.5. The van der Waals surface area contributed by atoms with Crippen LogP contribution < -0.4 is 5.56 Å². The molecule has 4 rings (SSSR count). The van der Waals surface area contributed by atoms with Crippen molar-refractivity contribution in [1.29, 1.82) is 0 Å². The van der Waals surface area contributed by atoms with Crippen LogP contribution in [0.1, 0.15) is 11.1 Å². The van der Waals surface area contributed by atoms with Gasteiger partial charge in [0.1, 0.15) is 23.5 Å². The van der Waals surface area contributed by atoms with Crippen LogP contribution in [0.2, 0.25) is 0 Å². The molecule has 3 heterocycles. The number of aromatic nitrogens is 5. The fourth-order valence-corrected chi connectivity index (χ4v) is 2.67. The van der Waals surface area contributed by atoms with Crippen LogP contribution in [-0.4, -0.2) is 24.3 Å². The van der Waals surface area contributed by atoms with Gasteiger partial charge in [0.15, 0.2) is 0 Å². The summed E-state index contributed by atoms with van der Waals surface area (Å²) in [7, 11) is 0. The van der Waals surface area contributed by atoms with Gasteiger partial charge in [0, 0.05) is 24.4 Å². The fourth-order valence-electron chi connectivity index (χ4n) is 2.67. The van der Waals surface area contributed by atoms with Crippen molar-refractivity contribution in [1.82, 2.24) is 24.3 Å². The third-order valence-electron chi connectivity index (χ3n) is 3.76. The second-order valence-corrected chi connectivity index (χ2v) is 5.33. The molecule has 0 saturated carbocycles. The van der Waals surface area contributed by atoms with Crippen molar-refractivity contribution < 1.29 is 4.39 Å². The van der Waals surface area contributed by atoms with Crippen LogP contribution in [-0.2, 0) is 6.42 Å². The molecule has 0 atom stereocenters. The second-order valence-electron chi connectivity index (χ2n) is 5.33. The largest absolute Gasteiger partial charge is 0.338 e. The van der Waals surface area contributed by atoms with E-state index in [4.69, 9.17) is 0 Å². The third kappa shape index (κ3) is 2.45. The van der Waals surface area contributed by atoms with Crippen molar-refractivity contribution >= 4 is 5.65 Å². The number of nitrogens with one attached hydrogen (secondary N) is 1. The van der Waals surface area contributed by atoms with Gasteiger partial charge in [-0.15, -0.1) is 0 Å². The van der Waals surface area contributed by atoms with Crippen molar-refractivity contribution in [2.24, 2.45) is 0 Å². The highest BCUT2D eigenvalue weighted by Gasteiger charge is 2.15. The predicted octanol–water partition coefficient (Wildman–Crippen LogP) is 2.21. The Labute approximate surface area is 135 Å². The number of hydrogen-bond donors (Lipinski definition) is 1. The molecule has 7 heteroatoms. The van der Waals surface area contributed by atoms with E-state index in [2.05, 4.69) is 19.9 Å². The molecule has 0 spiro atoms. The molecule has 0 aliphatic rings. The molecule has 1 aromatic carbocycles. The summed E-state index contributed by atoms with van der Waals surface area (Å²) >= 11 is 0. The van der Waals surface area contributed by atoms with Crippen molar-refractivity contribution in [2.45, 2.75) is 6.42 Å². The average molecular weight is 321 g/mol. The van der Waals surface area contributed by atoms with Crippen molar-refractivity contribution in [3.05, 3.63) is 82.7 Å². The number of fused-ring (bicyclic) bond motifs is 1. The molecule has 0 amide bonds. The van der Waals surface area contributed by atoms with Crippen LogP contribution >= 0.6 is 0 Å². The molecule has 1 N–H and O–H groups in total. The molecule has 0 saturated heterocycles. The van der Waals surface area contributed by atoms with Crippen molar-refractivity contribution in [2.75, 3.05) is 0 Å². The zero-order chi connectivity index (χ0) is 16.5. The maximum Gasteiger partial charge on any atom is 0.263 e. The normalized spacial score (nSPS) is 11.0. The van der Waals surface area contributed by atoms with Crippen LogP contribution in [0.15, 0.2) is 60.2 Å². The van der Waals surface area contributed by atoms with Gasteiger partial charge in [-0.25, -0.2) is 9.37 Å². The smallest absolute Gasteiger partial charge is 0.263 e. The van der Waals surface area contributed by atoms with E-state index in [0.29, 0.717) is 28.2 Å². The number of rotatable bonds is 3. The lowest BCUT2D eigenvalue weighted by Gasteiger charge is -2.10. The lowest BCUT2D eigenvalue weighted by molar-refractivity contribution is 0.626. The Hall–Kier alpha value is -3.35. The molecule has 24 heavy (non-hydrogen) atoms. The lowest BCUT2D eigenvalue weighted by atomic mass is 10.0. The van der Waals surface area contributed by atoms with E-state index >= 15 is 0 Å². The minimum absolute atomic E-state index is 0.217. The summed E-state index contributed by atoms with van der Waals surface area (Å²) in [6.45, 7) is 0. The minimum atomic E-state index is -0.339. The highest BCUT2D eigenvalue weighted by atomic mass is 19.1. The molecule has 0 aliphatic heterocycles. The maximum absolute atomic E-state index is 13.5. The van der Waals surface area contributed by atoms with E-state index in [1.165, 1.54) is 22.9 Å². The Morgan fingerprint density at radius 2 is 2.08 bits per heavy atom. The Morgan fingerprint density at radius 3 is 2.88 bits per heavy atom. The molecule has 0 fully saturated rings. The summed E-state index contributed by atoms with van der Waals surface area (Å²) in [6, 6.07) is 6.19. The van der Waals surface area contributed by atoms with E-state index in [9.17, 15) is 9.18 Å². The fraction of sp³-hybridized carbons (Fsp3) is 0.0588. The Balaban J connectivity index is 1.95. The monoisotopic (exact) mass is 321 g/mol. The molecule has 118 valence electrons. The molecule has 0 radical (unpaired) electrons. The Morgan fingerprint density at radius 1 is 1.17 bits per heavy atom. The van der Waals surface area contributed by atoms with Gasteiger partial charge in [0.05, 0.1) is 18.1 Å². The topological polar surface area (TPSA) is 75.9 Å². The summed E-state index contributed by atoms with van der Waals surface area (Å²) in [5.41, 5.74) is 2.63. The summed E-state index contributed by atoms with van der Waals surface area (Å²) in [6.07, 6.45) is 7.97. The number of aromatic amines is 1. The van der Waals surface area contributed by atoms with E-state index in [1.807, 2.05) is 0 Å². The van der Waals surface area contributed by atoms with Crippen molar-refractivity contribution in [3.8, 4) is 11.4 Å².